The summed E-state index contributed by atoms with van der Waals surface area (Å²) in [6, 6.07) is 1.12. The van der Waals surface area contributed by atoms with Gasteiger partial charge in [-0.15, -0.1) is 0 Å². The van der Waals surface area contributed by atoms with Gasteiger partial charge in [-0.3, -0.25) is 0 Å². The maximum atomic E-state index is 5.65. The van der Waals surface area contributed by atoms with Crippen molar-refractivity contribution in [3.63, 3.8) is 0 Å². The zero-order chi connectivity index (χ0) is 15.5. The molecule has 0 heterocycles. The average molecular weight is 532 g/mol. The van der Waals surface area contributed by atoms with Crippen molar-refractivity contribution in [2.75, 3.05) is 0 Å². The summed E-state index contributed by atoms with van der Waals surface area (Å²) < 4.78 is 0. The van der Waals surface area contributed by atoms with Gasteiger partial charge in [-0.2, -0.15) is 0 Å². The molecule has 2 aliphatic carbocycles. The molecule has 4 unspecified atom stereocenters. The normalized spacial score (nSPS) is 34.0. The van der Waals surface area contributed by atoms with Crippen molar-refractivity contribution in [2.24, 2.45) is 22.9 Å². The average Bonchev–Trinajstić information content (AvgIpc) is 2.37. The van der Waals surface area contributed by atoms with Gasteiger partial charge in [-0.25, -0.2) is 0 Å². The van der Waals surface area contributed by atoms with Gasteiger partial charge in [0.15, 0.2) is 0 Å². The molecule has 8 N–H and O–H groups in total. The zero-order valence-electron chi connectivity index (χ0n) is 11.7. The zero-order valence-corrected chi connectivity index (χ0v) is 16.1. The summed E-state index contributed by atoms with van der Waals surface area (Å²) in [4.78, 5) is 0. The second-order valence-corrected chi connectivity index (χ2v) is 14.7. The van der Waals surface area contributed by atoms with E-state index in [-0.39, 0.29) is 24.2 Å². The molecule has 2 saturated carbocycles. The molecule has 0 radical (unpaired) electrons. The number of hydrogen-bond acceptors (Lipinski definition) is 4. The van der Waals surface area contributed by atoms with E-state index in [9.17, 15) is 0 Å². The van der Waals surface area contributed by atoms with Crippen molar-refractivity contribution in [2.45, 2.75) is 75.5 Å². The molecular weight excluding hydrogens is 503 g/mol. The van der Waals surface area contributed by atoms with Crippen molar-refractivity contribution in [3.05, 3.63) is 0 Å². The summed E-state index contributed by atoms with van der Waals surface area (Å²) in [6.45, 7) is 0. The molecular formula is C12H28AuCl3N4. The molecule has 0 bridgehead atoms. The van der Waals surface area contributed by atoms with E-state index in [0.29, 0.717) is 0 Å². The Bertz CT molecular complexity index is 194. The topological polar surface area (TPSA) is 104 Å². The predicted molar refractivity (Wildman–Crippen MR) is 86.4 cm³/mol. The Balaban J connectivity index is 0.000000289. The predicted octanol–water partition coefficient (Wildman–Crippen LogP) is 2.50. The van der Waals surface area contributed by atoms with Crippen molar-refractivity contribution in [1.29, 1.82) is 0 Å². The molecule has 4 atom stereocenters. The van der Waals surface area contributed by atoms with Crippen LogP contribution in [-0.2, 0) is 15.2 Å². The van der Waals surface area contributed by atoms with Gasteiger partial charge in [0, 0.05) is 24.2 Å². The van der Waals surface area contributed by atoms with Crippen LogP contribution in [0, 0.1) is 0 Å². The van der Waals surface area contributed by atoms with Crippen LogP contribution < -0.4 is 22.9 Å². The van der Waals surface area contributed by atoms with E-state index in [1.165, 1.54) is 25.7 Å². The van der Waals surface area contributed by atoms with Crippen LogP contribution in [0.5, 0.6) is 0 Å². The fourth-order valence-electron chi connectivity index (χ4n) is 2.38. The van der Waals surface area contributed by atoms with Crippen LogP contribution in [0.25, 0.3) is 0 Å². The van der Waals surface area contributed by atoms with Crippen LogP contribution in [0.15, 0.2) is 0 Å². The van der Waals surface area contributed by atoms with Crippen molar-refractivity contribution in [1.82, 2.24) is 0 Å². The third-order valence-corrected chi connectivity index (χ3v) is 3.75. The van der Waals surface area contributed by atoms with Crippen molar-refractivity contribution < 1.29 is 15.2 Å². The van der Waals surface area contributed by atoms with Gasteiger partial charge in [-0.05, 0) is 25.7 Å². The number of rotatable bonds is 0. The standard InChI is InChI=1S/2C6H14N2.Au.3ClH/c2*7-5-3-1-2-4-6(5)8;;;;/h2*5-6H,1-4,7-8H2;;3*1H/q;;+3;;;/p-3. The van der Waals surface area contributed by atoms with E-state index >= 15 is 0 Å². The first-order valence-electron chi connectivity index (χ1n) is 6.97. The fraction of sp³-hybridized carbons (Fsp3) is 1.00. The van der Waals surface area contributed by atoms with Crippen molar-refractivity contribution in [3.8, 4) is 0 Å². The Morgan fingerprint density at radius 3 is 0.800 bits per heavy atom. The van der Waals surface area contributed by atoms with Gasteiger partial charge in [0.2, 0.25) is 0 Å². The first kappa shape index (κ1) is 21.5. The van der Waals surface area contributed by atoms with Gasteiger partial charge in [-0.1, -0.05) is 25.7 Å². The summed E-state index contributed by atoms with van der Waals surface area (Å²) in [5.74, 6) is 0. The van der Waals surface area contributed by atoms with Crippen LogP contribution >= 0.6 is 27.6 Å². The molecule has 0 aromatic rings. The first-order chi connectivity index (χ1) is 9.34. The number of nitrogens with two attached hydrogens (primary N) is 4. The Morgan fingerprint density at radius 1 is 0.550 bits per heavy atom. The Hall–Kier alpha value is 1.45. The summed E-state index contributed by atoms with van der Waals surface area (Å²) in [5.41, 5.74) is 22.6. The Morgan fingerprint density at radius 2 is 0.700 bits per heavy atom. The summed E-state index contributed by atoms with van der Waals surface area (Å²) in [7, 11) is 14.9. The summed E-state index contributed by atoms with van der Waals surface area (Å²) in [6.07, 6.45) is 9.60. The first-order valence-corrected chi connectivity index (χ1v) is 15.0. The molecule has 0 aliphatic heterocycles. The molecule has 128 valence electrons. The van der Waals surface area contributed by atoms with E-state index in [1.807, 2.05) is 0 Å². The molecule has 2 fully saturated rings. The monoisotopic (exact) mass is 530 g/mol. The third kappa shape index (κ3) is 12.0. The minimum absolute atomic E-state index is 0.281. The van der Waals surface area contributed by atoms with Crippen LogP contribution in [0.1, 0.15) is 51.4 Å². The molecule has 0 spiro atoms. The van der Waals surface area contributed by atoms with Crippen molar-refractivity contribution >= 4 is 27.6 Å². The van der Waals surface area contributed by atoms with E-state index in [4.69, 9.17) is 50.5 Å². The van der Waals surface area contributed by atoms with E-state index in [1.54, 1.807) is 0 Å². The van der Waals surface area contributed by atoms with Crippen LogP contribution in [0.2, 0.25) is 0 Å². The Kier molecular flexibility index (Phi) is 13.9. The molecule has 2 rings (SSSR count). The Labute approximate surface area is 140 Å². The van der Waals surface area contributed by atoms with Crippen LogP contribution in [0.4, 0.5) is 0 Å². The summed E-state index contributed by atoms with van der Waals surface area (Å²) in [5, 5.41) is 0. The molecule has 0 aromatic carbocycles. The molecule has 8 heteroatoms. The SMILES string of the molecule is NC1CCCCC1N.NC1CCCCC1N.[Cl][Au]([Cl])[Cl]. The maximum absolute atomic E-state index is 5.65. The third-order valence-electron chi connectivity index (χ3n) is 3.75. The molecule has 4 nitrogen and oxygen atoms in total. The second-order valence-electron chi connectivity index (χ2n) is 5.35. The van der Waals surface area contributed by atoms with E-state index < -0.39 is 15.2 Å². The molecule has 0 saturated heterocycles. The van der Waals surface area contributed by atoms with Gasteiger partial charge in [0.05, 0.1) is 0 Å². The van der Waals surface area contributed by atoms with Gasteiger partial charge < -0.3 is 22.9 Å². The fourth-order valence-corrected chi connectivity index (χ4v) is 2.38. The van der Waals surface area contributed by atoms with Gasteiger partial charge in [0.25, 0.3) is 0 Å². The van der Waals surface area contributed by atoms with Gasteiger partial charge in [0.1, 0.15) is 0 Å². The van der Waals surface area contributed by atoms with E-state index in [0.717, 1.165) is 25.7 Å². The molecule has 20 heavy (non-hydrogen) atoms. The van der Waals surface area contributed by atoms with Gasteiger partial charge >= 0.3 is 42.8 Å². The van der Waals surface area contributed by atoms with Crippen LogP contribution in [0.3, 0.4) is 0 Å². The minimum atomic E-state index is -1.79. The molecule has 0 aromatic heterocycles. The van der Waals surface area contributed by atoms with E-state index in [2.05, 4.69) is 0 Å². The number of halogens is 3. The second kappa shape index (κ2) is 12.9. The molecule has 2 aliphatic rings. The molecule has 0 amide bonds. The summed E-state index contributed by atoms with van der Waals surface area (Å²) >= 11 is -1.79. The van der Waals surface area contributed by atoms with Crippen LogP contribution in [-0.4, -0.2) is 24.2 Å². The quantitative estimate of drug-likeness (QED) is 0.361. The number of hydrogen-bond donors (Lipinski definition) is 4.